The summed E-state index contributed by atoms with van der Waals surface area (Å²) in [7, 11) is 0. The topological polar surface area (TPSA) is 62.4 Å². The third-order valence-electron chi connectivity index (χ3n) is 5.05. The van der Waals surface area contributed by atoms with Crippen molar-refractivity contribution in [1.82, 2.24) is 9.88 Å². The third kappa shape index (κ3) is 4.87. The van der Waals surface area contributed by atoms with E-state index >= 15 is 0 Å². The van der Waals surface area contributed by atoms with Gasteiger partial charge in [0, 0.05) is 35.6 Å². The number of benzene rings is 1. The molecule has 0 unspecified atom stereocenters. The summed E-state index contributed by atoms with van der Waals surface area (Å²) in [6.45, 7) is 7.99. The van der Waals surface area contributed by atoms with Crippen LogP contribution in [0, 0.1) is 0 Å². The number of esters is 1. The van der Waals surface area contributed by atoms with E-state index in [-0.39, 0.29) is 37.0 Å². The SMILES string of the molecule is CC[C@H](C)N(C(=O)COC(=O)CCc1c[nH]c2ccccc12)[C@@H](C)CC. The number of ether oxygens (including phenoxy) is 1. The van der Waals surface area contributed by atoms with Crippen LogP contribution in [0.2, 0.25) is 0 Å². The number of H-pyrrole nitrogens is 1. The highest BCUT2D eigenvalue weighted by Crippen LogP contribution is 2.19. The first-order chi connectivity index (χ1) is 12.5. The molecule has 5 nitrogen and oxygen atoms in total. The van der Waals surface area contributed by atoms with Gasteiger partial charge >= 0.3 is 5.97 Å². The van der Waals surface area contributed by atoms with Crippen LogP contribution in [0.1, 0.15) is 52.5 Å². The Morgan fingerprint density at radius 2 is 1.77 bits per heavy atom. The third-order valence-corrected chi connectivity index (χ3v) is 5.05. The quantitative estimate of drug-likeness (QED) is 0.687. The van der Waals surface area contributed by atoms with Crippen LogP contribution in [0.15, 0.2) is 30.5 Å². The summed E-state index contributed by atoms with van der Waals surface area (Å²) in [5, 5.41) is 1.12. The lowest BCUT2D eigenvalue weighted by molar-refractivity contribution is -0.154. The van der Waals surface area contributed by atoms with Crippen molar-refractivity contribution in [2.24, 2.45) is 0 Å². The molecule has 26 heavy (non-hydrogen) atoms. The van der Waals surface area contributed by atoms with Gasteiger partial charge in [-0.2, -0.15) is 0 Å². The Morgan fingerprint density at radius 1 is 1.12 bits per heavy atom. The van der Waals surface area contributed by atoms with E-state index in [1.54, 1.807) is 0 Å². The first-order valence-corrected chi connectivity index (χ1v) is 9.49. The summed E-state index contributed by atoms with van der Waals surface area (Å²) in [5.74, 6) is -0.453. The predicted octanol–water partition coefficient (Wildman–Crippen LogP) is 4.07. The van der Waals surface area contributed by atoms with Gasteiger partial charge in [-0.3, -0.25) is 9.59 Å². The molecule has 0 aliphatic rings. The number of aromatic nitrogens is 1. The summed E-state index contributed by atoms with van der Waals surface area (Å²) in [6.07, 6.45) is 4.55. The molecule has 0 bridgehead atoms. The average Bonchev–Trinajstić information content (AvgIpc) is 3.07. The minimum atomic E-state index is -0.336. The van der Waals surface area contributed by atoms with Gasteiger partial charge in [0.2, 0.25) is 0 Å². The van der Waals surface area contributed by atoms with Crippen LogP contribution in [-0.4, -0.2) is 40.5 Å². The first kappa shape index (κ1) is 20.0. The van der Waals surface area contributed by atoms with E-state index < -0.39 is 0 Å². The molecule has 1 amide bonds. The van der Waals surface area contributed by atoms with E-state index in [1.807, 2.05) is 49.2 Å². The summed E-state index contributed by atoms with van der Waals surface area (Å²) < 4.78 is 5.24. The number of hydrogen-bond donors (Lipinski definition) is 1. The van der Waals surface area contributed by atoms with Crippen molar-refractivity contribution in [2.45, 2.75) is 65.5 Å². The molecular weight excluding hydrogens is 328 g/mol. The van der Waals surface area contributed by atoms with E-state index in [9.17, 15) is 9.59 Å². The minimum Gasteiger partial charge on any atom is -0.456 e. The molecule has 142 valence electrons. The van der Waals surface area contributed by atoms with Crippen molar-refractivity contribution in [3.8, 4) is 0 Å². The van der Waals surface area contributed by atoms with Gasteiger partial charge in [-0.05, 0) is 44.7 Å². The number of aryl methyl sites for hydroxylation is 1. The van der Waals surface area contributed by atoms with Crippen molar-refractivity contribution < 1.29 is 14.3 Å². The number of carbonyl (C=O) groups is 2. The van der Waals surface area contributed by atoms with Gasteiger partial charge in [0.1, 0.15) is 0 Å². The number of rotatable bonds is 9. The van der Waals surface area contributed by atoms with Crippen LogP contribution in [0.5, 0.6) is 0 Å². The smallest absolute Gasteiger partial charge is 0.306 e. The molecule has 1 heterocycles. The molecule has 0 saturated heterocycles. The summed E-state index contributed by atoms with van der Waals surface area (Å²) in [5.41, 5.74) is 2.15. The Kier molecular flexibility index (Phi) is 7.25. The molecule has 1 N–H and O–H groups in total. The van der Waals surface area contributed by atoms with E-state index in [0.29, 0.717) is 6.42 Å². The maximum Gasteiger partial charge on any atom is 0.306 e. The zero-order valence-corrected chi connectivity index (χ0v) is 16.2. The van der Waals surface area contributed by atoms with Gasteiger partial charge in [-0.25, -0.2) is 0 Å². The van der Waals surface area contributed by atoms with Crippen LogP contribution >= 0.6 is 0 Å². The number of carbonyl (C=O) groups excluding carboxylic acids is 2. The molecule has 0 spiro atoms. The highest BCUT2D eigenvalue weighted by molar-refractivity contribution is 5.84. The largest absolute Gasteiger partial charge is 0.456 e. The van der Waals surface area contributed by atoms with E-state index in [0.717, 1.165) is 29.3 Å². The van der Waals surface area contributed by atoms with E-state index in [2.05, 4.69) is 18.8 Å². The summed E-state index contributed by atoms with van der Waals surface area (Å²) >= 11 is 0. The van der Waals surface area contributed by atoms with Gasteiger partial charge in [0.25, 0.3) is 5.91 Å². The molecule has 0 fully saturated rings. The molecule has 2 aromatic rings. The second kappa shape index (κ2) is 9.41. The van der Waals surface area contributed by atoms with Gasteiger partial charge in [0.05, 0.1) is 0 Å². The van der Waals surface area contributed by atoms with Crippen LogP contribution in [0.3, 0.4) is 0 Å². The van der Waals surface area contributed by atoms with Crippen LogP contribution in [0.25, 0.3) is 10.9 Å². The molecule has 0 radical (unpaired) electrons. The molecule has 0 saturated carbocycles. The second-order valence-electron chi connectivity index (χ2n) is 6.84. The lowest BCUT2D eigenvalue weighted by Crippen LogP contribution is -2.46. The highest BCUT2D eigenvalue weighted by atomic mass is 16.5. The van der Waals surface area contributed by atoms with Gasteiger partial charge in [-0.15, -0.1) is 0 Å². The Morgan fingerprint density at radius 3 is 2.42 bits per heavy atom. The van der Waals surface area contributed by atoms with Crippen LogP contribution in [-0.2, 0) is 20.7 Å². The van der Waals surface area contributed by atoms with Crippen molar-refractivity contribution >= 4 is 22.8 Å². The lowest BCUT2D eigenvalue weighted by Gasteiger charge is -2.33. The van der Waals surface area contributed by atoms with Gasteiger partial charge in [-0.1, -0.05) is 32.0 Å². The Labute approximate surface area is 155 Å². The Hall–Kier alpha value is -2.30. The summed E-state index contributed by atoms with van der Waals surface area (Å²) in [6, 6.07) is 8.28. The monoisotopic (exact) mass is 358 g/mol. The van der Waals surface area contributed by atoms with Crippen molar-refractivity contribution in [1.29, 1.82) is 0 Å². The highest BCUT2D eigenvalue weighted by Gasteiger charge is 2.24. The Balaban J connectivity index is 1.86. The number of nitrogens with zero attached hydrogens (tertiary/aromatic N) is 1. The van der Waals surface area contributed by atoms with Crippen molar-refractivity contribution in [3.05, 3.63) is 36.0 Å². The van der Waals surface area contributed by atoms with Crippen LogP contribution < -0.4 is 0 Å². The first-order valence-electron chi connectivity index (χ1n) is 9.49. The number of nitrogens with one attached hydrogen (secondary N) is 1. The van der Waals surface area contributed by atoms with Gasteiger partial charge in [0.15, 0.2) is 6.61 Å². The standard InChI is InChI=1S/C21H30N2O3/c1-5-15(3)23(16(4)6-2)20(24)14-26-21(25)12-11-17-13-22-19-10-8-7-9-18(17)19/h7-10,13,15-16,22H,5-6,11-12,14H2,1-4H3/t15-,16-/m0/s1. The maximum absolute atomic E-state index is 12.5. The molecule has 0 aliphatic carbocycles. The summed E-state index contributed by atoms with van der Waals surface area (Å²) in [4.78, 5) is 29.6. The fourth-order valence-electron chi connectivity index (χ4n) is 3.18. The number of hydrogen-bond acceptors (Lipinski definition) is 3. The number of aromatic amines is 1. The average molecular weight is 358 g/mol. The molecule has 2 atom stereocenters. The normalized spacial score (nSPS) is 13.4. The number of fused-ring (bicyclic) bond motifs is 1. The predicted molar refractivity (Wildman–Crippen MR) is 104 cm³/mol. The molecule has 0 aliphatic heterocycles. The molecule has 2 rings (SSSR count). The molecule has 5 heteroatoms. The van der Waals surface area contributed by atoms with E-state index in [1.165, 1.54) is 0 Å². The second-order valence-corrected chi connectivity index (χ2v) is 6.84. The molecule has 1 aromatic heterocycles. The van der Waals surface area contributed by atoms with Crippen molar-refractivity contribution in [3.63, 3.8) is 0 Å². The molecular formula is C21H30N2O3. The minimum absolute atomic E-state index is 0.117. The maximum atomic E-state index is 12.5. The number of para-hydroxylation sites is 1. The zero-order valence-electron chi connectivity index (χ0n) is 16.2. The molecule has 1 aromatic carbocycles. The lowest BCUT2D eigenvalue weighted by atomic mass is 10.1. The van der Waals surface area contributed by atoms with E-state index in [4.69, 9.17) is 4.74 Å². The Bertz CT molecular complexity index is 728. The van der Waals surface area contributed by atoms with Crippen molar-refractivity contribution in [2.75, 3.05) is 6.61 Å². The fourth-order valence-corrected chi connectivity index (χ4v) is 3.18. The fraction of sp³-hybridized carbons (Fsp3) is 0.524. The zero-order chi connectivity index (χ0) is 19.1. The van der Waals surface area contributed by atoms with Crippen LogP contribution in [0.4, 0.5) is 0 Å². The van der Waals surface area contributed by atoms with Gasteiger partial charge < -0.3 is 14.6 Å². The number of amides is 1.